The predicted octanol–water partition coefficient (Wildman–Crippen LogP) is 2.96. The summed E-state index contributed by atoms with van der Waals surface area (Å²) in [6.07, 6.45) is -1.75. The van der Waals surface area contributed by atoms with Crippen LogP contribution in [0.3, 0.4) is 0 Å². The molecule has 26 heavy (non-hydrogen) atoms. The van der Waals surface area contributed by atoms with Gasteiger partial charge in [0.2, 0.25) is 0 Å². The number of carboxylic acid groups (broad SMARTS) is 1. The highest BCUT2D eigenvalue weighted by Crippen LogP contribution is 2.35. The van der Waals surface area contributed by atoms with Crippen LogP contribution in [0.2, 0.25) is 0 Å². The number of carbonyl (C=O) groups is 1. The minimum absolute atomic E-state index is 0.0159. The smallest absolute Gasteiger partial charge is 0.419 e. The van der Waals surface area contributed by atoms with Crippen molar-refractivity contribution in [2.45, 2.75) is 31.5 Å². The predicted molar refractivity (Wildman–Crippen MR) is 91.3 cm³/mol. The molecule has 0 bridgehead atoms. The normalized spacial score (nSPS) is 19.3. The molecule has 1 unspecified atom stereocenters. The number of likely N-dealkylation sites (N-methyl/N-ethyl adjacent to an activating group) is 1. The summed E-state index contributed by atoms with van der Waals surface area (Å²) in [5.74, 6) is -0.987. The Bertz CT molecular complexity index is 595. The summed E-state index contributed by atoms with van der Waals surface area (Å²) >= 11 is 0. The van der Waals surface area contributed by atoms with Crippen LogP contribution in [0.5, 0.6) is 5.75 Å². The van der Waals surface area contributed by atoms with E-state index in [0.717, 1.165) is 38.4 Å². The number of nitrogens with zero attached hydrogens (tertiary/aromatic N) is 2. The lowest BCUT2D eigenvalue weighted by molar-refractivity contribution is -0.139. The second-order valence-electron chi connectivity index (χ2n) is 6.58. The SMILES string of the molecule is CN(CC(=O)O)C1CCCN(CCOc2ccccc2C(F)(F)F)CC1. The maximum absolute atomic E-state index is 13.0. The molecule has 1 aliphatic heterocycles. The zero-order valence-electron chi connectivity index (χ0n) is 14.8. The first-order chi connectivity index (χ1) is 12.3. The van der Waals surface area contributed by atoms with Gasteiger partial charge in [0.25, 0.3) is 0 Å². The van der Waals surface area contributed by atoms with Crippen molar-refractivity contribution in [3.8, 4) is 5.75 Å². The molecule has 0 aliphatic carbocycles. The van der Waals surface area contributed by atoms with E-state index in [0.29, 0.717) is 6.54 Å². The monoisotopic (exact) mass is 374 g/mol. The van der Waals surface area contributed by atoms with Crippen LogP contribution in [0.4, 0.5) is 13.2 Å². The molecule has 0 spiro atoms. The summed E-state index contributed by atoms with van der Waals surface area (Å²) in [7, 11) is 1.81. The first kappa shape index (κ1) is 20.5. The van der Waals surface area contributed by atoms with Crippen molar-refractivity contribution >= 4 is 5.97 Å². The quantitative estimate of drug-likeness (QED) is 0.795. The topological polar surface area (TPSA) is 53.0 Å². The van der Waals surface area contributed by atoms with Crippen molar-refractivity contribution in [1.82, 2.24) is 9.80 Å². The van der Waals surface area contributed by atoms with Gasteiger partial charge in [0.05, 0.1) is 12.1 Å². The Kier molecular flexibility index (Phi) is 7.28. The van der Waals surface area contributed by atoms with E-state index in [2.05, 4.69) is 4.90 Å². The molecule has 1 aromatic carbocycles. The van der Waals surface area contributed by atoms with E-state index >= 15 is 0 Å². The van der Waals surface area contributed by atoms with Gasteiger partial charge in [-0.2, -0.15) is 13.2 Å². The van der Waals surface area contributed by atoms with Crippen LogP contribution in [0, 0.1) is 0 Å². The van der Waals surface area contributed by atoms with Crippen molar-refractivity contribution in [1.29, 1.82) is 0 Å². The van der Waals surface area contributed by atoms with Crippen LogP contribution in [0.1, 0.15) is 24.8 Å². The number of likely N-dealkylation sites (tertiary alicyclic amines) is 1. The second kappa shape index (κ2) is 9.23. The van der Waals surface area contributed by atoms with Gasteiger partial charge in [-0.1, -0.05) is 12.1 Å². The fourth-order valence-electron chi connectivity index (χ4n) is 3.26. The van der Waals surface area contributed by atoms with Crippen LogP contribution in [0.25, 0.3) is 0 Å². The number of rotatable bonds is 7. The molecule has 8 heteroatoms. The average molecular weight is 374 g/mol. The number of para-hydroxylation sites is 1. The molecule has 0 amide bonds. The van der Waals surface area contributed by atoms with Crippen molar-refractivity contribution < 1.29 is 27.8 Å². The van der Waals surface area contributed by atoms with Gasteiger partial charge in [-0.15, -0.1) is 0 Å². The Labute approximate surface area is 151 Å². The van der Waals surface area contributed by atoms with Gasteiger partial charge >= 0.3 is 12.1 Å². The number of aliphatic carboxylic acids is 1. The number of ether oxygens (including phenoxy) is 1. The van der Waals surface area contributed by atoms with E-state index in [1.165, 1.54) is 18.2 Å². The molecule has 1 aliphatic rings. The van der Waals surface area contributed by atoms with E-state index < -0.39 is 17.7 Å². The highest BCUT2D eigenvalue weighted by Gasteiger charge is 2.34. The molecule has 1 saturated heterocycles. The fraction of sp³-hybridized carbons (Fsp3) is 0.611. The molecule has 1 atom stereocenters. The molecule has 0 saturated carbocycles. The molecule has 0 radical (unpaired) electrons. The number of hydrogen-bond acceptors (Lipinski definition) is 4. The van der Waals surface area contributed by atoms with Crippen molar-refractivity contribution in [3.63, 3.8) is 0 Å². The maximum atomic E-state index is 13.0. The molecule has 5 nitrogen and oxygen atoms in total. The Morgan fingerprint density at radius 3 is 2.73 bits per heavy atom. The standard InChI is InChI=1S/C18H25F3N2O3/c1-22(13-17(24)25)14-5-4-9-23(10-8-14)11-12-26-16-7-3-2-6-15(16)18(19,20)21/h2-3,6-7,14H,4-5,8-13H2,1H3,(H,24,25). The number of hydrogen-bond donors (Lipinski definition) is 1. The van der Waals surface area contributed by atoms with Crippen molar-refractivity contribution in [2.75, 3.05) is 39.8 Å². The summed E-state index contributed by atoms with van der Waals surface area (Å²) in [4.78, 5) is 14.8. The molecule has 1 fully saturated rings. The summed E-state index contributed by atoms with van der Waals surface area (Å²) in [6, 6.07) is 5.44. The van der Waals surface area contributed by atoms with E-state index in [1.807, 2.05) is 11.9 Å². The maximum Gasteiger partial charge on any atom is 0.419 e. The molecular weight excluding hydrogens is 349 g/mol. The largest absolute Gasteiger partial charge is 0.492 e. The molecule has 146 valence electrons. The first-order valence-corrected chi connectivity index (χ1v) is 8.71. The molecule has 2 rings (SSSR count). The molecular formula is C18H25F3N2O3. The van der Waals surface area contributed by atoms with Crippen molar-refractivity contribution in [2.24, 2.45) is 0 Å². The lowest BCUT2D eigenvalue weighted by Gasteiger charge is -2.25. The highest BCUT2D eigenvalue weighted by atomic mass is 19.4. The van der Waals surface area contributed by atoms with E-state index in [-0.39, 0.29) is 24.9 Å². The van der Waals surface area contributed by atoms with Gasteiger partial charge in [-0.05, 0) is 51.5 Å². The van der Waals surface area contributed by atoms with Crippen molar-refractivity contribution in [3.05, 3.63) is 29.8 Å². The average Bonchev–Trinajstić information content (AvgIpc) is 2.79. The van der Waals surface area contributed by atoms with E-state index in [4.69, 9.17) is 9.84 Å². The van der Waals surface area contributed by atoms with Gasteiger partial charge in [0.15, 0.2) is 0 Å². The summed E-state index contributed by atoms with van der Waals surface area (Å²) < 4.78 is 44.3. The summed E-state index contributed by atoms with van der Waals surface area (Å²) in [6.45, 7) is 2.35. The van der Waals surface area contributed by atoms with E-state index in [9.17, 15) is 18.0 Å². The lowest BCUT2D eigenvalue weighted by atomic mass is 10.1. The molecule has 1 N–H and O–H groups in total. The molecule has 1 aromatic rings. The molecule has 0 aromatic heterocycles. The number of carboxylic acids is 1. The fourth-order valence-corrected chi connectivity index (χ4v) is 3.26. The molecule has 1 heterocycles. The van der Waals surface area contributed by atoms with Crippen LogP contribution in [-0.4, -0.2) is 66.8 Å². The van der Waals surface area contributed by atoms with Crippen LogP contribution >= 0.6 is 0 Å². The van der Waals surface area contributed by atoms with E-state index in [1.54, 1.807) is 0 Å². The highest BCUT2D eigenvalue weighted by molar-refractivity contribution is 5.69. The Morgan fingerprint density at radius 1 is 1.31 bits per heavy atom. The summed E-state index contributed by atoms with van der Waals surface area (Å²) in [5.41, 5.74) is -0.758. The minimum atomic E-state index is -4.43. The Morgan fingerprint density at radius 2 is 2.04 bits per heavy atom. The zero-order chi connectivity index (χ0) is 19.2. The van der Waals surface area contributed by atoms with Gasteiger partial charge in [-0.25, -0.2) is 0 Å². The third-order valence-electron chi connectivity index (χ3n) is 4.66. The summed E-state index contributed by atoms with van der Waals surface area (Å²) in [5, 5.41) is 8.89. The van der Waals surface area contributed by atoms with Gasteiger partial charge < -0.3 is 9.84 Å². The Balaban J connectivity index is 1.82. The first-order valence-electron chi connectivity index (χ1n) is 8.71. The Hall–Kier alpha value is -1.80. The zero-order valence-corrected chi connectivity index (χ0v) is 14.8. The van der Waals surface area contributed by atoms with Crippen LogP contribution in [-0.2, 0) is 11.0 Å². The van der Waals surface area contributed by atoms with Crippen LogP contribution in [0.15, 0.2) is 24.3 Å². The van der Waals surface area contributed by atoms with Gasteiger partial charge in [0.1, 0.15) is 12.4 Å². The number of benzene rings is 1. The lowest BCUT2D eigenvalue weighted by Crippen LogP contribution is -2.37. The third kappa shape index (κ3) is 6.17. The number of alkyl halides is 3. The second-order valence-corrected chi connectivity index (χ2v) is 6.58. The van der Waals surface area contributed by atoms with Gasteiger partial charge in [-0.3, -0.25) is 14.6 Å². The number of halogens is 3. The third-order valence-corrected chi connectivity index (χ3v) is 4.66. The minimum Gasteiger partial charge on any atom is -0.492 e. The van der Waals surface area contributed by atoms with Crippen LogP contribution < -0.4 is 4.74 Å². The van der Waals surface area contributed by atoms with Gasteiger partial charge in [0, 0.05) is 12.6 Å².